The fourth-order valence-corrected chi connectivity index (χ4v) is 4.59. The Hall–Kier alpha value is -0.910. The Morgan fingerprint density at radius 1 is 0.643 bits per heavy atom. The molecule has 0 aliphatic rings. The molecule has 0 amide bonds. The molecule has 2 N–H and O–H groups in total. The number of hydrogen-bond acceptors (Lipinski definition) is 3. The number of aliphatic carboxylic acids is 2. The van der Waals surface area contributed by atoms with Crippen molar-refractivity contribution in [3.05, 3.63) is 0 Å². The van der Waals surface area contributed by atoms with E-state index in [0.717, 1.165) is 62.9 Å². The maximum absolute atomic E-state index is 12.1. The fourth-order valence-electron chi connectivity index (χ4n) is 3.33. The Morgan fingerprint density at radius 2 is 1.00 bits per heavy atom. The van der Waals surface area contributed by atoms with Crippen LogP contribution in [0.1, 0.15) is 105 Å². The first kappa shape index (κ1) is 27.1. The van der Waals surface area contributed by atoms with Crippen molar-refractivity contribution < 1.29 is 24.0 Å². The van der Waals surface area contributed by atoms with Crippen molar-refractivity contribution in [1.29, 1.82) is 0 Å². The van der Waals surface area contributed by atoms with Crippen LogP contribution in [-0.4, -0.2) is 37.9 Å². The molecule has 0 heterocycles. The van der Waals surface area contributed by atoms with Gasteiger partial charge in [-0.15, -0.1) is 0 Å². The van der Waals surface area contributed by atoms with Crippen LogP contribution in [0.25, 0.3) is 0 Å². The average Bonchev–Trinajstić information content (AvgIpc) is 2.58. The lowest BCUT2D eigenvalue weighted by atomic mass is 9.82. The van der Waals surface area contributed by atoms with E-state index < -0.39 is 22.7 Å². The topological polar surface area (TPSA) is 91.7 Å². The van der Waals surface area contributed by atoms with E-state index in [0.29, 0.717) is 12.8 Å². The SMILES string of the molecule is CC(C)(CCCCCS(=O)CCCCCC(C)(C)CCC(=O)O)CCC(=O)O. The van der Waals surface area contributed by atoms with E-state index in [1.54, 1.807) is 0 Å². The number of carboxylic acids is 2. The van der Waals surface area contributed by atoms with Crippen molar-refractivity contribution >= 4 is 22.7 Å². The van der Waals surface area contributed by atoms with E-state index in [9.17, 15) is 13.8 Å². The van der Waals surface area contributed by atoms with Crippen molar-refractivity contribution in [2.75, 3.05) is 11.5 Å². The second kappa shape index (κ2) is 14.1. The third kappa shape index (κ3) is 17.2. The van der Waals surface area contributed by atoms with Crippen molar-refractivity contribution in [1.82, 2.24) is 0 Å². The van der Waals surface area contributed by atoms with Crippen molar-refractivity contribution in [2.45, 2.75) is 105 Å². The largest absolute Gasteiger partial charge is 0.481 e. The first-order valence-corrected chi connectivity index (χ1v) is 12.2. The summed E-state index contributed by atoms with van der Waals surface area (Å²) in [6.07, 6.45) is 10.1. The molecule has 0 saturated carbocycles. The van der Waals surface area contributed by atoms with Gasteiger partial charge in [-0.2, -0.15) is 0 Å². The molecule has 0 spiro atoms. The van der Waals surface area contributed by atoms with Crippen LogP contribution in [0.15, 0.2) is 0 Å². The molecular formula is C22H42O5S. The minimum atomic E-state index is -0.744. The molecule has 0 aliphatic carbocycles. The van der Waals surface area contributed by atoms with Gasteiger partial charge in [0.2, 0.25) is 0 Å². The van der Waals surface area contributed by atoms with Crippen molar-refractivity contribution in [3.8, 4) is 0 Å². The number of rotatable bonds is 18. The fraction of sp³-hybridized carbons (Fsp3) is 0.909. The van der Waals surface area contributed by atoms with Crippen molar-refractivity contribution in [2.24, 2.45) is 10.8 Å². The van der Waals surface area contributed by atoms with Gasteiger partial charge in [-0.1, -0.05) is 53.4 Å². The first-order valence-electron chi connectivity index (χ1n) is 10.7. The quantitative estimate of drug-likeness (QED) is 0.281. The van der Waals surface area contributed by atoms with E-state index in [2.05, 4.69) is 27.7 Å². The van der Waals surface area contributed by atoms with Crippen LogP contribution in [-0.2, 0) is 20.4 Å². The van der Waals surface area contributed by atoms with Gasteiger partial charge < -0.3 is 10.2 Å². The third-order valence-corrected chi connectivity index (χ3v) is 6.97. The van der Waals surface area contributed by atoms with Gasteiger partial charge in [-0.25, -0.2) is 0 Å². The molecule has 0 unspecified atom stereocenters. The van der Waals surface area contributed by atoms with E-state index in [-0.39, 0.29) is 23.7 Å². The van der Waals surface area contributed by atoms with Gasteiger partial charge in [0, 0.05) is 35.1 Å². The van der Waals surface area contributed by atoms with Gasteiger partial charge in [-0.05, 0) is 49.4 Å². The minimum Gasteiger partial charge on any atom is -0.481 e. The molecule has 0 bridgehead atoms. The first-order chi connectivity index (χ1) is 12.9. The number of hydrogen-bond donors (Lipinski definition) is 2. The highest BCUT2D eigenvalue weighted by molar-refractivity contribution is 7.84. The molecule has 0 aromatic heterocycles. The maximum atomic E-state index is 12.1. The second-order valence-corrected chi connectivity index (χ2v) is 11.3. The zero-order valence-corrected chi connectivity index (χ0v) is 19.2. The highest BCUT2D eigenvalue weighted by Crippen LogP contribution is 2.30. The summed E-state index contributed by atoms with van der Waals surface area (Å²) in [6.45, 7) is 8.49. The Balaban J connectivity index is 3.68. The Morgan fingerprint density at radius 3 is 1.32 bits per heavy atom. The summed E-state index contributed by atoms with van der Waals surface area (Å²) in [5.74, 6) is 0.0684. The molecule has 0 aromatic rings. The Kier molecular flexibility index (Phi) is 13.7. The maximum Gasteiger partial charge on any atom is 0.303 e. The highest BCUT2D eigenvalue weighted by Gasteiger charge is 2.19. The normalized spacial score (nSPS) is 12.5. The van der Waals surface area contributed by atoms with Gasteiger partial charge in [0.25, 0.3) is 0 Å². The van der Waals surface area contributed by atoms with Crippen LogP contribution in [0.4, 0.5) is 0 Å². The van der Waals surface area contributed by atoms with Crippen LogP contribution in [0, 0.1) is 10.8 Å². The zero-order chi connectivity index (χ0) is 21.6. The molecule has 0 rings (SSSR count). The molecule has 166 valence electrons. The zero-order valence-electron chi connectivity index (χ0n) is 18.4. The van der Waals surface area contributed by atoms with E-state index in [1.807, 2.05) is 0 Å². The summed E-state index contributed by atoms with van der Waals surface area (Å²) in [6, 6.07) is 0. The molecule has 0 fully saturated rings. The van der Waals surface area contributed by atoms with Gasteiger partial charge in [0.05, 0.1) is 0 Å². The van der Waals surface area contributed by atoms with Crippen molar-refractivity contribution in [3.63, 3.8) is 0 Å². The summed E-state index contributed by atoms with van der Waals surface area (Å²) in [7, 11) is -0.744. The molecular weight excluding hydrogens is 376 g/mol. The predicted octanol–water partition coefficient (Wildman–Crippen LogP) is 5.64. The third-order valence-electron chi connectivity index (χ3n) is 5.48. The highest BCUT2D eigenvalue weighted by atomic mass is 32.2. The smallest absolute Gasteiger partial charge is 0.303 e. The molecule has 28 heavy (non-hydrogen) atoms. The summed E-state index contributed by atoms with van der Waals surface area (Å²) in [5.41, 5.74) is 0.131. The molecule has 0 atom stereocenters. The lowest BCUT2D eigenvalue weighted by Gasteiger charge is -2.23. The van der Waals surface area contributed by atoms with Crippen LogP contribution in [0.2, 0.25) is 0 Å². The monoisotopic (exact) mass is 418 g/mol. The average molecular weight is 419 g/mol. The number of carboxylic acid groups (broad SMARTS) is 2. The number of carbonyl (C=O) groups is 2. The Labute approximate surface area is 174 Å². The summed E-state index contributed by atoms with van der Waals surface area (Å²) < 4.78 is 12.1. The summed E-state index contributed by atoms with van der Waals surface area (Å²) >= 11 is 0. The molecule has 0 radical (unpaired) electrons. The molecule has 0 aliphatic heterocycles. The van der Waals surface area contributed by atoms with Crippen LogP contribution in [0.3, 0.4) is 0 Å². The van der Waals surface area contributed by atoms with Crippen LogP contribution >= 0.6 is 0 Å². The van der Waals surface area contributed by atoms with E-state index in [1.165, 1.54) is 0 Å². The van der Waals surface area contributed by atoms with Crippen LogP contribution < -0.4 is 0 Å². The Bertz CT molecular complexity index is 443. The van der Waals surface area contributed by atoms with Gasteiger partial charge >= 0.3 is 11.9 Å². The molecule has 0 aromatic carbocycles. The van der Waals surface area contributed by atoms with Gasteiger partial charge in [-0.3, -0.25) is 13.8 Å². The second-order valence-electron chi connectivity index (χ2n) is 9.59. The molecule has 0 saturated heterocycles. The lowest BCUT2D eigenvalue weighted by molar-refractivity contribution is -0.138. The van der Waals surface area contributed by atoms with Gasteiger partial charge in [0.15, 0.2) is 0 Å². The van der Waals surface area contributed by atoms with Crippen LogP contribution in [0.5, 0.6) is 0 Å². The van der Waals surface area contributed by atoms with E-state index >= 15 is 0 Å². The summed E-state index contributed by atoms with van der Waals surface area (Å²) in [4.78, 5) is 21.3. The summed E-state index contributed by atoms with van der Waals surface area (Å²) in [5, 5.41) is 17.6. The lowest BCUT2D eigenvalue weighted by Crippen LogP contribution is -2.14. The molecule has 6 heteroatoms. The standard InChI is InChI=1S/C22H42O5S/c1-21(2,15-11-19(23)24)13-7-5-9-17-28(27)18-10-6-8-14-22(3,4)16-12-20(25)26/h5-18H2,1-4H3,(H,23,24)(H,25,26). The number of unbranched alkanes of at least 4 members (excludes halogenated alkanes) is 4. The predicted molar refractivity (Wildman–Crippen MR) is 116 cm³/mol. The molecule has 5 nitrogen and oxygen atoms in total. The minimum absolute atomic E-state index is 0.0653. The van der Waals surface area contributed by atoms with Gasteiger partial charge in [0.1, 0.15) is 0 Å². The van der Waals surface area contributed by atoms with E-state index in [4.69, 9.17) is 10.2 Å².